The number of carbonyl (C=O) groups excluding carboxylic acids is 2. The molecule has 0 radical (unpaired) electrons. The first kappa shape index (κ1) is 47.8. The molecule has 1 atom stereocenters. The van der Waals surface area contributed by atoms with E-state index in [1.165, 1.54) is 55.7 Å². The third-order valence-electron chi connectivity index (χ3n) is 8.96. The first-order valence-corrected chi connectivity index (χ1v) is 20.2. The summed E-state index contributed by atoms with van der Waals surface area (Å²) in [5.74, 6) is 2.54. The van der Waals surface area contributed by atoms with Gasteiger partial charge >= 0.3 is 0 Å². The molecule has 8 heteroatoms. The van der Waals surface area contributed by atoms with E-state index >= 15 is 0 Å². The van der Waals surface area contributed by atoms with Gasteiger partial charge in [0.1, 0.15) is 28.8 Å². The van der Waals surface area contributed by atoms with E-state index in [0.717, 1.165) is 29.9 Å². The number of phenolic OH excluding ortho intramolecular Hbond substituents is 1. The maximum Gasteiger partial charge on any atom is 0.133 e. The Morgan fingerprint density at radius 1 is 0.755 bits per heavy atom. The second kappa shape index (κ2) is 25.8. The van der Waals surface area contributed by atoms with Crippen molar-refractivity contribution in [1.29, 1.82) is 0 Å². The monoisotopic (exact) mass is 796 g/mol. The van der Waals surface area contributed by atoms with Gasteiger partial charge in [-0.2, -0.15) is 0 Å². The summed E-state index contributed by atoms with van der Waals surface area (Å²) in [6, 6.07) is 23.8. The van der Waals surface area contributed by atoms with Crippen LogP contribution in [0.1, 0.15) is 97.3 Å². The van der Waals surface area contributed by atoms with E-state index in [0.29, 0.717) is 42.1 Å². The molecule has 0 amide bonds. The van der Waals surface area contributed by atoms with Crippen molar-refractivity contribution < 1.29 is 24.2 Å². The Balaban J connectivity index is 0.000000358. The Kier molecular flexibility index (Phi) is 23.2. The minimum Gasteiger partial charge on any atom is -0.508 e. The summed E-state index contributed by atoms with van der Waals surface area (Å²) >= 11 is 3.13. The highest BCUT2D eigenvalue weighted by Crippen LogP contribution is 2.30. The second-order valence-electron chi connectivity index (χ2n) is 15.9. The SMILES string of the molecule is CC(=O)CCBr.CC(=O)CCOc1ccc(C)cc1.CC1(C)CCNC1.Cc1ccc(O)cc1.Cc1ccc(OCCC(C)N2CCC(C)(C)C2)cc1. The highest BCUT2D eigenvalue weighted by atomic mass is 79.9. The predicted octanol–water partition coefficient (Wildman–Crippen LogP) is 10.3. The number of nitrogens with zero attached hydrogens (tertiary/aromatic N) is 1. The van der Waals surface area contributed by atoms with Crippen molar-refractivity contribution >= 4 is 27.5 Å². The molecule has 3 aromatic rings. The number of aryl methyl sites for hydroxylation is 3. The van der Waals surface area contributed by atoms with Crippen LogP contribution in [-0.4, -0.2) is 72.3 Å². The zero-order valence-electron chi connectivity index (χ0n) is 34.4. The maximum absolute atomic E-state index is 10.6. The van der Waals surface area contributed by atoms with Gasteiger partial charge in [-0.15, -0.1) is 0 Å². The van der Waals surface area contributed by atoms with E-state index in [1.54, 1.807) is 26.0 Å². The number of hydrogen-bond acceptors (Lipinski definition) is 7. The molecule has 296 valence electrons. The van der Waals surface area contributed by atoms with Gasteiger partial charge in [0.15, 0.2) is 0 Å². The number of carbonyl (C=O) groups is 2. The molecule has 5 rings (SSSR count). The van der Waals surface area contributed by atoms with Crippen LogP contribution < -0.4 is 14.8 Å². The zero-order valence-corrected chi connectivity index (χ0v) is 36.0. The van der Waals surface area contributed by atoms with Crippen molar-refractivity contribution in [1.82, 2.24) is 10.2 Å². The van der Waals surface area contributed by atoms with Crippen LogP contribution in [0.4, 0.5) is 0 Å². The van der Waals surface area contributed by atoms with Crippen LogP contribution >= 0.6 is 15.9 Å². The van der Waals surface area contributed by atoms with Crippen LogP contribution in [0.3, 0.4) is 0 Å². The summed E-state index contributed by atoms with van der Waals surface area (Å²) in [6.45, 7) is 27.1. The minimum absolute atomic E-state index is 0.159. The van der Waals surface area contributed by atoms with Gasteiger partial charge in [0.2, 0.25) is 0 Å². The predicted molar refractivity (Wildman–Crippen MR) is 226 cm³/mol. The Labute approximate surface area is 330 Å². The van der Waals surface area contributed by atoms with Gasteiger partial charge in [-0.25, -0.2) is 0 Å². The number of phenols is 1. The summed E-state index contributed by atoms with van der Waals surface area (Å²) in [5, 5.41) is 12.9. The van der Waals surface area contributed by atoms with Crippen molar-refractivity contribution in [2.75, 3.05) is 44.7 Å². The molecule has 1 unspecified atom stereocenters. The van der Waals surface area contributed by atoms with E-state index in [4.69, 9.17) is 14.6 Å². The molecule has 0 spiro atoms. The van der Waals surface area contributed by atoms with Gasteiger partial charge in [-0.3, -0.25) is 14.5 Å². The molecule has 2 saturated heterocycles. The number of likely N-dealkylation sites (tertiary alicyclic amines) is 1. The lowest BCUT2D eigenvalue weighted by atomic mass is 9.93. The number of ether oxygens (including phenoxy) is 2. The van der Waals surface area contributed by atoms with Crippen molar-refractivity contribution in [2.45, 2.75) is 107 Å². The first-order valence-electron chi connectivity index (χ1n) is 19.1. The molecule has 0 aromatic heterocycles. The van der Waals surface area contributed by atoms with E-state index in [1.807, 2.05) is 50.2 Å². The van der Waals surface area contributed by atoms with Crippen LogP contribution in [0.5, 0.6) is 17.2 Å². The van der Waals surface area contributed by atoms with E-state index < -0.39 is 0 Å². The molecule has 2 aliphatic heterocycles. The Bertz CT molecular complexity index is 1390. The largest absolute Gasteiger partial charge is 0.508 e. The lowest BCUT2D eigenvalue weighted by molar-refractivity contribution is -0.118. The highest BCUT2D eigenvalue weighted by molar-refractivity contribution is 9.09. The van der Waals surface area contributed by atoms with Gasteiger partial charge in [-0.1, -0.05) is 96.7 Å². The van der Waals surface area contributed by atoms with Crippen LogP contribution in [0, 0.1) is 31.6 Å². The fourth-order valence-electron chi connectivity index (χ4n) is 5.26. The van der Waals surface area contributed by atoms with Crippen LogP contribution in [0.25, 0.3) is 0 Å². The van der Waals surface area contributed by atoms with Gasteiger partial charge in [0.25, 0.3) is 0 Å². The molecule has 0 bridgehead atoms. The summed E-state index contributed by atoms with van der Waals surface area (Å²) < 4.78 is 11.2. The quantitative estimate of drug-likeness (QED) is 0.187. The first-order chi connectivity index (χ1) is 24.9. The number of Topliss-reactive ketones (excluding diaryl/α,β-unsaturated/α-hetero) is 2. The molecule has 7 nitrogen and oxygen atoms in total. The number of benzene rings is 3. The molecule has 2 fully saturated rings. The normalized spacial score (nSPS) is 15.8. The number of ketones is 2. The van der Waals surface area contributed by atoms with Gasteiger partial charge in [0, 0.05) is 37.3 Å². The van der Waals surface area contributed by atoms with Crippen LogP contribution in [0.2, 0.25) is 0 Å². The molecular weight excluding hydrogens is 728 g/mol. The molecule has 2 aliphatic rings. The standard InChI is InChI=1S/C17H27NO.C11H14O2.C7H8O.C6H13N.C4H7BrO/c1-14-5-7-16(8-6-14)19-12-9-15(2)18-11-10-17(3,4)13-18;1-9-3-5-11(6-4-9)13-8-7-10(2)12;1-6-2-4-7(8)5-3-6;1-6(2)3-4-7-5-6;1-4(6)2-3-5/h5-8,15H,9-13H2,1-4H3;3-6H,7-8H2,1-2H3;2-5,8H,1H3;7H,3-5H2,1-2H3;2-3H2,1H3. The number of alkyl halides is 1. The molecule has 2 heterocycles. The molecule has 0 saturated carbocycles. The summed E-state index contributed by atoms with van der Waals surface area (Å²) in [5.41, 5.74) is 4.73. The fourth-order valence-corrected chi connectivity index (χ4v) is 5.82. The van der Waals surface area contributed by atoms with Gasteiger partial charge in [0.05, 0.1) is 13.2 Å². The Morgan fingerprint density at radius 2 is 1.23 bits per heavy atom. The average Bonchev–Trinajstić information content (AvgIpc) is 3.68. The van der Waals surface area contributed by atoms with Crippen molar-refractivity contribution in [3.05, 3.63) is 89.5 Å². The van der Waals surface area contributed by atoms with E-state index in [9.17, 15) is 9.59 Å². The number of halogens is 1. The van der Waals surface area contributed by atoms with Gasteiger partial charge in [-0.05, 0) is 121 Å². The summed E-state index contributed by atoms with van der Waals surface area (Å²) in [6.07, 6.45) is 4.89. The topological polar surface area (TPSA) is 88.1 Å². The maximum atomic E-state index is 10.6. The Hall–Kier alpha value is -3.20. The Morgan fingerprint density at radius 3 is 1.55 bits per heavy atom. The number of nitrogens with one attached hydrogen (secondary N) is 1. The van der Waals surface area contributed by atoms with Crippen LogP contribution in [-0.2, 0) is 9.59 Å². The minimum atomic E-state index is 0.159. The third kappa shape index (κ3) is 24.7. The zero-order chi connectivity index (χ0) is 39.9. The number of aromatic hydroxyl groups is 1. The lowest BCUT2D eigenvalue weighted by Crippen LogP contribution is -2.33. The second-order valence-corrected chi connectivity index (χ2v) is 16.7. The molecule has 53 heavy (non-hydrogen) atoms. The third-order valence-corrected chi connectivity index (χ3v) is 9.36. The van der Waals surface area contributed by atoms with Crippen molar-refractivity contribution in [2.24, 2.45) is 10.8 Å². The smallest absolute Gasteiger partial charge is 0.133 e. The number of hydrogen-bond donors (Lipinski definition) is 2. The fraction of sp³-hybridized carbons (Fsp3) is 0.556. The summed E-state index contributed by atoms with van der Waals surface area (Å²) in [4.78, 5) is 23.2. The molecule has 3 aromatic carbocycles. The van der Waals surface area contributed by atoms with E-state index in [-0.39, 0.29) is 11.6 Å². The average molecular weight is 798 g/mol. The highest BCUT2D eigenvalue weighted by Gasteiger charge is 2.31. The molecule has 2 N–H and O–H groups in total. The summed E-state index contributed by atoms with van der Waals surface area (Å²) in [7, 11) is 0. The molecule has 0 aliphatic carbocycles. The number of rotatable bonds is 11. The molecular formula is C45H69BrN2O5. The lowest BCUT2D eigenvalue weighted by Gasteiger charge is -2.26. The van der Waals surface area contributed by atoms with Crippen LogP contribution in [0.15, 0.2) is 72.8 Å². The van der Waals surface area contributed by atoms with E-state index in [2.05, 4.69) is 92.0 Å². The van der Waals surface area contributed by atoms with Gasteiger partial charge < -0.3 is 19.9 Å². The van der Waals surface area contributed by atoms with Crippen molar-refractivity contribution in [3.8, 4) is 17.2 Å². The van der Waals surface area contributed by atoms with Crippen molar-refractivity contribution in [3.63, 3.8) is 0 Å².